The van der Waals surface area contributed by atoms with Gasteiger partial charge < -0.3 is 71.6 Å². The monoisotopic (exact) mass is 1320 g/mol. The second-order valence-corrected chi connectivity index (χ2v) is 17.8. The van der Waals surface area contributed by atoms with Crippen molar-refractivity contribution in [3.05, 3.63) is 215 Å². The zero-order valence-electron chi connectivity index (χ0n) is 46.6. The number of halogens is 2. The Kier molecular flexibility index (Phi) is 42.6. The summed E-state index contributed by atoms with van der Waals surface area (Å²) in [5.41, 5.74) is 6.60. The van der Waals surface area contributed by atoms with Crippen molar-refractivity contribution in [2.75, 3.05) is 28.4 Å². The van der Waals surface area contributed by atoms with Crippen molar-refractivity contribution in [3.63, 3.8) is 0 Å². The van der Waals surface area contributed by atoms with Gasteiger partial charge in [-0.3, -0.25) is 19.9 Å². The molecule has 0 spiro atoms. The van der Waals surface area contributed by atoms with E-state index in [0.29, 0.717) is 97.6 Å². The first-order valence-corrected chi connectivity index (χ1v) is 26.7. The molecule has 0 fully saturated rings. The van der Waals surface area contributed by atoms with Crippen molar-refractivity contribution in [2.24, 2.45) is 0 Å². The Hall–Kier alpha value is -7.09. The van der Waals surface area contributed by atoms with E-state index in [-0.39, 0.29) is 67.5 Å². The summed E-state index contributed by atoms with van der Waals surface area (Å²) >= 11 is 0. The fraction of sp³-hybridized carbons (Fsp3) is 0.214. The number of para-hydroxylation sites is 4. The zero-order chi connectivity index (χ0) is 60.2. The molecule has 0 bridgehead atoms. The molecule has 8 N–H and O–H groups in total. The van der Waals surface area contributed by atoms with E-state index in [0.717, 1.165) is 22.8 Å². The minimum Gasteiger partial charge on any atom is -0.870 e. The molecule has 0 saturated heterocycles. The van der Waals surface area contributed by atoms with Gasteiger partial charge in [-0.05, 0) is 95.1 Å². The molecule has 8 rings (SSSR count). The van der Waals surface area contributed by atoms with Crippen LogP contribution < -0.4 is 97.9 Å². The molecule has 4 aromatic carbocycles. The van der Waals surface area contributed by atoms with Gasteiger partial charge >= 0.3 is 33.6 Å². The van der Waals surface area contributed by atoms with Crippen LogP contribution >= 0.6 is 0 Å². The SMILES string of the molecule is COc1cccc(CNCc2ccccn2)c1[O-].COc1cccc(CNCc2ccccn2)c1[O-].COc1cccc(CNCc2ccccn2)c1[O-].COc1cccc(CNCc2ccccn2)c1[O-].O.O.[Co+3].[Co+3].[O-][Cl+3]([O-])([O-])[O-].[O-][Cl+3]([O-])([O-])[O-]. The third kappa shape index (κ3) is 34.8. The minimum absolute atomic E-state index is 0. The second-order valence-electron chi connectivity index (χ2n) is 16.2. The van der Waals surface area contributed by atoms with Crippen molar-refractivity contribution < 1.29 is 142 Å². The van der Waals surface area contributed by atoms with E-state index in [4.69, 9.17) is 56.2 Å². The summed E-state index contributed by atoms with van der Waals surface area (Å²) in [4.78, 5) is 16.8. The molecule has 468 valence electrons. The number of hydrogen-bond donors (Lipinski definition) is 4. The summed E-state index contributed by atoms with van der Waals surface area (Å²) in [5, 5.41) is 60.2. The van der Waals surface area contributed by atoms with Crippen LogP contribution in [0, 0.1) is 20.5 Å². The van der Waals surface area contributed by atoms with E-state index in [1.807, 2.05) is 97.1 Å². The number of rotatable bonds is 20. The number of ether oxygens (including phenoxy) is 4. The molecule has 26 nitrogen and oxygen atoms in total. The van der Waals surface area contributed by atoms with Gasteiger partial charge in [0.15, 0.2) is 0 Å². The smallest absolute Gasteiger partial charge is 0.870 e. The number of nitrogens with zero attached hydrogens (tertiary/aromatic N) is 4. The van der Waals surface area contributed by atoms with Crippen molar-refractivity contribution in [3.8, 4) is 46.0 Å². The van der Waals surface area contributed by atoms with E-state index in [1.165, 1.54) is 28.4 Å². The van der Waals surface area contributed by atoms with Gasteiger partial charge in [-0.1, -0.05) is 95.8 Å². The largest absolute Gasteiger partial charge is 3.00 e. The average molecular weight is 1330 g/mol. The molecule has 0 atom stereocenters. The van der Waals surface area contributed by atoms with Crippen molar-refractivity contribution in [2.45, 2.75) is 52.4 Å². The van der Waals surface area contributed by atoms with Crippen LogP contribution in [0.4, 0.5) is 0 Å². The molecule has 30 heteroatoms. The number of aromatic nitrogens is 4. The predicted octanol–water partition coefficient (Wildman–Crippen LogP) is -5.35. The number of benzene rings is 4. The zero-order valence-corrected chi connectivity index (χ0v) is 50.2. The normalized spacial score (nSPS) is 10.0. The van der Waals surface area contributed by atoms with E-state index in [1.54, 1.807) is 73.3 Å². The van der Waals surface area contributed by atoms with Crippen LogP contribution in [0.1, 0.15) is 45.0 Å². The molecule has 86 heavy (non-hydrogen) atoms. The molecular formula is C56H64Cl2Co2N8O18. The van der Waals surface area contributed by atoms with Crippen LogP contribution in [0.15, 0.2) is 170 Å². The van der Waals surface area contributed by atoms with Crippen LogP contribution in [-0.2, 0) is 85.9 Å². The van der Waals surface area contributed by atoms with Gasteiger partial charge in [0.2, 0.25) is 0 Å². The number of methoxy groups -OCH3 is 4. The van der Waals surface area contributed by atoms with Crippen LogP contribution in [0.5, 0.6) is 46.0 Å². The predicted molar refractivity (Wildman–Crippen MR) is 276 cm³/mol. The molecule has 4 heterocycles. The molecule has 0 amide bonds. The Bertz CT molecular complexity index is 2610. The topological polar surface area (TPSA) is 476 Å². The fourth-order valence-electron chi connectivity index (χ4n) is 6.76. The van der Waals surface area contributed by atoms with Gasteiger partial charge in [0, 0.05) is 77.1 Å². The van der Waals surface area contributed by atoms with Gasteiger partial charge in [0.1, 0.15) is 23.0 Å². The third-order valence-electron chi connectivity index (χ3n) is 10.5. The maximum atomic E-state index is 11.9. The summed E-state index contributed by atoms with van der Waals surface area (Å²) in [5.74, 6) is 1.28. The van der Waals surface area contributed by atoms with E-state index >= 15 is 0 Å². The van der Waals surface area contributed by atoms with Crippen molar-refractivity contribution >= 4 is 0 Å². The third-order valence-corrected chi connectivity index (χ3v) is 10.5. The Morgan fingerprint density at radius 2 is 0.488 bits per heavy atom. The average Bonchev–Trinajstić information content (AvgIpc) is 3.67. The molecule has 0 saturated carbocycles. The van der Waals surface area contributed by atoms with Gasteiger partial charge in [0.25, 0.3) is 0 Å². The van der Waals surface area contributed by atoms with Crippen LogP contribution in [-0.4, -0.2) is 59.3 Å². The van der Waals surface area contributed by atoms with Gasteiger partial charge in [-0.25, -0.2) is 37.3 Å². The molecule has 0 aliphatic carbocycles. The van der Waals surface area contributed by atoms with Crippen molar-refractivity contribution in [1.29, 1.82) is 0 Å². The number of pyridine rings is 4. The molecule has 0 aliphatic rings. The molecule has 0 unspecified atom stereocenters. The summed E-state index contributed by atoms with van der Waals surface area (Å²) < 4.78 is 87.9. The van der Waals surface area contributed by atoms with Crippen molar-refractivity contribution in [1.82, 2.24) is 41.2 Å². The maximum absolute atomic E-state index is 11.9. The number of nitrogens with one attached hydrogen (secondary N) is 4. The van der Waals surface area contributed by atoms with Gasteiger partial charge in [-0.2, -0.15) is 0 Å². The minimum atomic E-state index is -4.94. The molecule has 4 aromatic heterocycles. The summed E-state index contributed by atoms with van der Waals surface area (Å²) in [6, 6.07) is 44.2. The van der Waals surface area contributed by atoms with E-state index < -0.39 is 20.5 Å². The van der Waals surface area contributed by atoms with E-state index in [9.17, 15) is 20.4 Å². The van der Waals surface area contributed by atoms with E-state index in [2.05, 4.69) is 41.2 Å². The standard InChI is InChI=1S/4C14H16N2O2.2ClHO4.2Co.2H2O/c4*1-18-13-7-4-5-11(14(13)17)9-15-10-12-6-2-3-8-16-12;2*2-1(3,4)5;;;;/h4*2-8,15,17H,9-10H2,1H3;2*(H,2,3,4,5);;;2*1H2/q;;;;;;2*+3;;/p-6. The van der Waals surface area contributed by atoms with Gasteiger partial charge in [-0.15, -0.1) is 20.5 Å². The molecule has 0 radical (unpaired) electrons. The maximum Gasteiger partial charge on any atom is 3.00 e. The summed E-state index contributed by atoms with van der Waals surface area (Å²) in [7, 11) is -3.88. The first-order valence-electron chi connectivity index (χ1n) is 24.2. The number of hydrogen-bond acceptors (Lipinski definition) is 24. The summed E-state index contributed by atoms with van der Waals surface area (Å²) in [6.07, 6.45) is 7.01. The Balaban J connectivity index is 0. The first-order chi connectivity index (χ1) is 39.2. The fourth-order valence-corrected chi connectivity index (χ4v) is 6.76. The quantitative estimate of drug-likeness (QED) is 0.0553. The Morgan fingerprint density at radius 3 is 0.640 bits per heavy atom. The van der Waals surface area contributed by atoms with Crippen LogP contribution in [0.3, 0.4) is 0 Å². The molecule has 0 aliphatic heterocycles. The Labute approximate surface area is 522 Å². The van der Waals surface area contributed by atoms with Crippen LogP contribution in [0.2, 0.25) is 0 Å². The Morgan fingerprint density at radius 1 is 0.302 bits per heavy atom. The molecule has 8 aromatic rings. The second kappa shape index (κ2) is 45.3. The van der Waals surface area contributed by atoms with Crippen LogP contribution in [0.25, 0.3) is 0 Å². The first kappa shape index (κ1) is 81.0. The summed E-state index contributed by atoms with van der Waals surface area (Å²) in [6.45, 7) is 4.57. The molecular weight excluding hydrogens is 1260 g/mol. The van der Waals surface area contributed by atoms with Gasteiger partial charge in [0.05, 0.1) is 51.2 Å².